The molecule has 0 atom stereocenters. The van der Waals surface area contributed by atoms with Crippen molar-refractivity contribution in [2.45, 2.75) is 6.92 Å². The van der Waals surface area contributed by atoms with Crippen molar-refractivity contribution in [3.63, 3.8) is 0 Å². The maximum atomic E-state index is 13.6. The van der Waals surface area contributed by atoms with E-state index in [9.17, 15) is 18.4 Å². The molecule has 0 spiro atoms. The number of amides is 1. The normalized spacial score (nSPS) is 11.0. The SMILES string of the molecule is Cc1nn(-c2cccc(Cl)c2)c2sc(C(=O)OCC(=O)Nc3c(F)cccc3F)cc12. The summed E-state index contributed by atoms with van der Waals surface area (Å²) in [5.74, 6) is -3.45. The Balaban J connectivity index is 1.50. The third-order valence-electron chi connectivity index (χ3n) is 4.36. The number of hydrogen-bond acceptors (Lipinski definition) is 5. The van der Waals surface area contributed by atoms with Gasteiger partial charge < -0.3 is 10.1 Å². The molecule has 2 heterocycles. The van der Waals surface area contributed by atoms with Crippen molar-refractivity contribution in [3.8, 4) is 5.69 Å². The van der Waals surface area contributed by atoms with Crippen molar-refractivity contribution in [1.29, 1.82) is 0 Å². The summed E-state index contributed by atoms with van der Waals surface area (Å²) in [4.78, 5) is 25.4. The van der Waals surface area contributed by atoms with Gasteiger partial charge in [-0.2, -0.15) is 5.10 Å². The van der Waals surface area contributed by atoms with Crippen LogP contribution in [0.5, 0.6) is 0 Å². The molecule has 0 saturated heterocycles. The van der Waals surface area contributed by atoms with Crippen molar-refractivity contribution >= 4 is 50.7 Å². The molecule has 0 unspecified atom stereocenters. The number of nitrogens with zero attached hydrogens (tertiary/aromatic N) is 2. The molecule has 158 valence electrons. The first-order valence-corrected chi connectivity index (χ1v) is 10.2. The molecule has 0 radical (unpaired) electrons. The maximum absolute atomic E-state index is 13.6. The van der Waals surface area contributed by atoms with E-state index in [2.05, 4.69) is 10.4 Å². The van der Waals surface area contributed by atoms with E-state index in [-0.39, 0.29) is 4.88 Å². The molecule has 0 aliphatic rings. The number of ether oxygens (including phenoxy) is 1. The molecule has 0 bridgehead atoms. The van der Waals surface area contributed by atoms with E-state index in [1.807, 2.05) is 13.0 Å². The number of halogens is 3. The lowest BCUT2D eigenvalue weighted by Crippen LogP contribution is -2.21. The number of carbonyl (C=O) groups is 2. The van der Waals surface area contributed by atoms with E-state index in [4.69, 9.17) is 16.3 Å². The number of carbonyl (C=O) groups excluding carboxylic acids is 2. The Hall–Kier alpha value is -3.30. The lowest BCUT2D eigenvalue weighted by molar-refractivity contribution is -0.119. The van der Waals surface area contributed by atoms with Crippen molar-refractivity contribution in [3.05, 3.63) is 75.8 Å². The molecule has 1 amide bonds. The Morgan fingerprint density at radius 3 is 2.58 bits per heavy atom. The van der Waals surface area contributed by atoms with E-state index in [1.54, 1.807) is 28.9 Å². The van der Waals surface area contributed by atoms with Crippen LogP contribution in [0.1, 0.15) is 15.4 Å². The average molecular weight is 462 g/mol. The van der Waals surface area contributed by atoms with E-state index >= 15 is 0 Å². The largest absolute Gasteiger partial charge is 0.451 e. The number of nitrogens with one attached hydrogen (secondary N) is 1. The Morgan fingerprint density at radius 1 is 1.16 bits per heavy atom. The zero-order valence-electron chi connectivity index (χ0n) is 16.0. The van der Waals surface area contributed by atoms with Gasteiger partial charge in [0.15, 0.2) is 6.61 Å². The minimum absolute atomic E-state index is 0.260. The summed E-state index contributed by atoms with van der Waals surface area (Å²) in [6.07, 6.45) is 0. The zero-order chi connectivity index (χ0) is 22.1. The molecule has 4 aromatic rings. The number of aromatic nitrogens is 2. The highest BCUT2D eigenvalue weighted by molar-refractivity contribution is 7.20. The number of fused-ring (bicyclic) bond motifs is 1. The van der Waals surface area contributed by atoms with Gasteiger partial charge in [0, 0.05) is 10.4 Å². The second-order valence-corrected chi connectivity index (χ2v) is 7.99. The van der Waals surface area contributed by atoms with Gasteiger partial charge >= 0.3 is 5.97 Å². The van der Waals surface area contributed by atoms with Gasteiger partial charge in [-0.25, -0.2) is 18.3 Å². The molecule has 2 aromatic carbocycles. The van der Waals surface area contributed by atoms with Gasteiger partial charge in [0.05, 0.1) is 11.4 Å². The Bertz CT molecular complexity index is 1300. The van der Waals surface area contributed by atoms with Crippen LogP contribution >= 0.6 is 22.9 Å². The van der Waals surface area contributed by atoms with Gasteiger partial charge in [-0.05, 0) is 43.3 Å². The Labute approximate surface area is 184 Å². The zero-order valence-corrected chi connectivity index (χ0v) is 17.6. The second-order valence-electron chi connectivity index (χ2n) is 6.53. The van der Waals surface area contributed by atoms with Gasteiger partial charge in [-0.3, -0.25) is 4.79 Å². The van der Waals surface area contributed by atoms with E-state index in [0.717, 1.165) is 34.5 Å². The molecule has 4 rings (SSSR count). The highest BCUT2D eigenvalue weighted by Gasteiger charge is 2.20. The summed E-state index contributed by atoms with van der Waals surface area (Å²) >= 11 is 7.21. The molecular formula is C21H14ClF2N3O3S. The van der Waals surface area contributed by atoms with Crippen LogP contribution in [0.25, 0.3) is 15.9 Å². The summed E-state index contributed by atoms with van der Waals surface area (Å²) in [6.45, 7) is 1.11. The standard InChI is InChI=1S/C21H14ClF2N3O3S/c1-11-14-9-17(31-20(14)27(26-11)13-5-2-4-12(22)8-13)21(29)30-10-18(28)25-19-15(23)6-3-7-16(19)24/h2-9H,10H2,1H3,(H,25,28). The van der Waals surface area contributed by atoms with Gasteiger partial charge in [-0.1, -0.05) is 23.7 Å². The van der Waals surface area contributed by atoms with Crippen LogP contribution in [0, 0.1) is 18.6 Å². The van der Waals surface area contributed by atoms with Crippen LogP contribution in [0.3, 0.4) is 0 Å². The monoisotopic (exact) mass is 461 g/mol. The van der Waals surface area contributed by atoms with E-state index in [1.165, 1.54) is 6.07 Å². The number of rotatable bonds is 5. The average Bonchev–Trinajstić information content (AvgIpc) is 3.30. The van der Waals surface area contributed by atoms with Gasteiger partial charge in [0.1, 0.15) is 27.0 Å². The molecule has 1 N–H and O–H groups in total. The van der Waals surface area contributed by atoms with E-state index in [0.29, 0.717) is 15.5 Å². The molecule has 6 nitrogen and oxygen atoms in total. The first-order chi connectivity index (χ1) is 14.8. The molecule has 0 aliphatic heterocycles. The Kier molecular flexibility index (Phi) is 5.71. The molecule has 2 aromatic heterocycles. The summed E-state index contributed by atoms with van der Waals surface area (Å²) in [5, 5.41) is 7.85. The summed E-state index contributed by atoms with van der Waals surface area (Å²) < 4.78 is 33.9. The van der Waals surface area contributed by atoms with Crippen molar-refractivity contribution in [2.75, 3.05) is 11.9 Å². The highest BCUT2D eigenvalue weighted by Crippen LogP contribution is 2.31. The fourth-order valence-electron chi connectivity index (χ4n) is 2.93. The first kappa shape index (κ1) is 21.0. The van der Waals surface area contributed by atoms with Crippen LogP contribution < -0.4 is 5.32 Å². The first-order valence-electron chi connectivity index (χ1n) is 8.99. The minimum Gasteiger partial charge on any atom is -0.451 e. The Morgan fingerprint density at radius 2 is 1.87 bits per heavy atom. The molecule has 0 aliphatic carbocycles. The number of benzene rings is 2. The molecule has 10 heteroatoms. The molecule has 0 saturated carbocycles. The number of esters is 1. The number of thiophene rings is 1. The summed E-state index contributed by atoms with van der Waals surface area (Å²) in [7, 11) is 0. The summed E-state index contributed by atoms with van der Waals surface area (Å²) in [5.41, 5.74) is 0.847. The smallest absolute Gasteiger partial charge is 0.348 e. The number of para-hydroxylation sites is 1. The quantitative estimate of drug-likeness (QED) is 0.418. The maximum Gasteiger partial charge on any atom is 0.348 e. The van der Waals surface area contributed by atoms with Crippen LogP contribution in [-0.2, 0) is 9.53 Å². The summed E-state index contributed by atoms with van der Waals surface area (Å²) in [6, 6.07) is 11.9. The third kappa shape index (κ3) is 4.28. The van der Waals surface area contributed by atoms with Crippen LogP contribution in [0.4, 0.5) is 14.5 Å². The van der Waals surface area contributed by atoms with Gasteiger partial charge in [-0.15, -0.1) is 11.3 Å². The third-order valence-corrected chi connectivity index (χ3v) is 5.69. The lowest BCUT2D eigenvalue weighted by atomic mass is 10.3. The molecule has 0 fully saturated rings. The van der Waals surface area contributed by atoms with Gasteiger partial charge in [0.25, 0.3) is 5.91 Å². The van der Waals surface area contributed by atoms with E-state index < -0.39 is 35.8 Å². The number of anilines is 1. The van der Waals surface area contributed by atoms with Crippen molar-refractivity contribution < 1.29 is 23.1 Å². The topological polar surface area (TPSA) is 73.2 Å². The molecule has 31 heavy (non-hydrogen) atoms. The predicted molar refractivity (Wildman–Crippen MR) is 114 cm³/mol. The van der Waals surface area contributed by atoms with Crippen LogP contribution in [0.2, 0.25) is 5.02 Å². The second kappa shape index (κ2) is 8.44. The minimum atomic E-state index is -0.926. The van der Waals surface area contributed by atoms with Crippen molar-refractivity contribution in [2.24, 2.45) is 0 Å². The fraction of sp³-hybridized carbons (Fsp3) is 0.0952. The predicted octanol–water partition coefficient (Wildman–Crippen LogP) is 5.12. The number of aryl methyl sites for hydroxylation is 1. The van der Waals surface area contributed by atoms with Crippen LogP contribution in [0.15, 0.2) is 48.5 Å². The van der Waals surface area contributed by atoms with Crippen LogP contribution in [-0.4, -0.2) is 28.3 Å². The fourth-order valence-corrected chi connectivity index (χ4v) is 4.19. The lowest BCUT2D eigenvalue weighted by Gasteiger charge is -2.07. The number of hydrogen-bond donors (Lipinski definition) is 1. The van der Waals surface area contributed by atoms with Gasteiger partial charge in [0.2, 0.25) is 0 Å². The highest BCUT2D eigenvalue weighted by atomic mass is 35.5. The molecular weight excluding hydrogens is 448 g/mol. The van der Waals surface area contributed by atoms with Crippen molar-refractivity contribution in [1.82, 2.24) is 9.78 Å².